The topological polar surface area (TPSA) is 109 Å². The Morgan fingerprint density at radius 1 is 0.216 bits per heavy atom. The normalized spacial score (nSPS) is 20.2. The summed E-state index contributed by atoms with van der Waals surface area (Å²) in [5.74, 6) is 2.47. The maximum atomic E-state index is 5.72. The lowest BCUT2D eigenvalue weighted by molar-refractivity contribution is 0.332. The quantitative estimate of drug-likeness (QED) is 0.157. The number of hydrogen-bond donors (Lipinski definition) is 2. The SMILES string of the molecule is CC1(C)CCC(C)(C)c2cc3cc4c(cc3cc21)-c1nc-4nc2[nH]c(nc3nc(nc4[nH]c(n1)c1cc5cc6c(cc5cc41)C(C)(C)CCC6(C)C)-c1cc4cc5c(cc4cc1-3)C(C)(C)CCC5(C)C)c1cc3cc4c(cc3cc21)C(C)(C)CCC4(C)C. The lowest BCUT2D eigenvalue weighted by Gasteiger charge is -2.42. The summed E-state index contributed by atoms with van der Waals surface area (Å²) in [6.45, 7) is 38.6. The van der Waals surface area contributed by atoms with Crippen molar-refractivity contribution in [2.75, 3.05) is 0 Å². The third-order valence-electron chi connectivity index (χ3n) is 23.5. The molecule has 11 aromatic rings. The van der Waals surface area contributed by atoms with E-state index in [1.807, 2.05) is 0 Å². The van der Waals surface area contributed by atoms with Crippen LogP contribution in [0.2, 0.25) is 0 Å². The van der Waals surface area contributed by atoms with Gasteiger partial charge in [-0.25, -0.2) is 29.9 Å². The maximum Gasteiger partial charge on any atom is 0.164 e. The van der Waals surface area contributed by atoms with Gasteiger partial charge in [0.25, 0.3) is 0 Å². The van der Waals surface area contributed by atoms with Gasteiger partial charge >= 0.3 is 0 Å². The van der Waals surface area contributed by atoms with Crippen LogP contribution in [0.1, 0.15) is 207 Å². The largest absolute Gasteiger partial charge is 0.324 e. The highest BCUT2D eigenvalue weighted by atomic mass is 15.1. The van der Waals surface area contributed by atoms with E-state index < -0.39 is 0 Å². The molecular formula is C80H82N8. The average Bonchev–Trinajstić information content (AvgIpc) is 1.15. The summed E-state index contributed by atoms with van der Waals surface area (Å²) in [6.07, 6.45) is 9.12. The predicted molar refractivity (Wildman–Crippen MR) is 367 cm³/mol. The molecule has 8 bridgehead atoms. The molecule has 4 aliphatic carbocycles. The van der Waals surface area contributed by atoms with E-state index in [4.69, 9.17) is 29.9 Å². The molecule has 0 fully saturated rings. The summed E-state index contributed by atoms with van der Waals surface area (Å²) in [6, 6.07) is 38.5. The predicted octanol–water partition coefficient (Wildman–Crippen LogP) is 20.9. The Balaban J connectivity index is 1.02. The Morgan fingerprint density at radius 2 is 0.375 bits per heavy atom. The van der Waals surface area contributed by atoms with Crippen LogP contribution in [0.3, 0.4) is 0 Å². The minimum atomic E-state index is 0.0434. The van der Waals surface area contributed by atoms with Crippen molar-refractivity contribution in [1.82, 2.24) is 39.9 Å². The van der Waals surface area contributed by atoms with Crippen molar-refractivity contribution >= 4 is 87.2 Å². The van der Waals surface area contributed by atoms with Crippen molar-refractivity contribution in [2.24, 2.45) is 0 Å². The summed E-state index contributed by atoms with van der Waals surface area (Å²) in [7, 11) is 0. The smallest absolute Gasteiger partial charge is 0.164 e. The average molecular weight is 1160 g/mol. The number of benzene rings is 8. The van der Waals surface area contributed by atoms with Crippen molar-refractivity contribution < 1.29 is 0 Å². The molecule has 17 rings (SSSR count). The van der Waals surface area contributed by atoms with Crippen molar-refractivity contribution in [2.45, 2.75) is 205 Å². The number of fused-ring (bicyclic) bond motifs is 28. The van der Waals surface area contributed by atoms with Crippen molar-refractivity contribution in [3.8, 4) is 45.6 Å². The van der Waals surface area contributed by atoms with Crippen LogP contribution in [0.4, 0.5) is 0 Å². The number of nitrogens with zero attached hydrogens (tertiary/aromatic N) is 6. The van der Waals surface area contributed by atoms with E-state index in [-0.39, 0.29) is 43.3 Å². The van der Waals surface area contributed by atoms with E-state index in [0.717, 1.165) is 95.2 Å². The monoisotopic (exact) mass is 1150 g/mol. The fourth-order valence-corrected chi connectivity index (χ4v) is 17.0. The highest BCUT2D eigenvalue weighted by Gasteiger charge is 2.42. The van der Waals surface area contributed by atoms with E-state index in [2.05, 4.69) is 218 Å². The van der Waals surface area contributed by atoms with Gasteiger partial charge in [-0.05, 0) is 231 Å². The van der Waals surface area contributed by atoms with Crippen LogP contribution in [0.5, 0.6) is 0 Å². The number of aromatic amines is 2. The lowest BCUT2D eigenvalue weighted by Crippen LogP contribution is -2.33. The molecule has 8 aromatic carbocycles. The Kier molecular flexibility index (Phi) is 10.6. The second-order valence-electron chi connectivity index (χ2n) is 33.3. The van der Waals surface area contributed by atoms with Crippen LogP contribution < -0.4 is 0 Å². The van der Waals surface area contributed by atoms with Gasteiger partial charge in [0.05, 0.1) is 0 Å². The van der Waals surface area contributed by atoms with Crippen LogP contribution >= 0.6 is 0 Å². The van der Waals surface area contributed by atoms with Gasteiger partial charge < -0.3 is 9.97 Å². The number of nitrogens with one attached hydrogen (secondary N) is 2. The second kappa shape index (κ2) is 17.1. The van der Waals surface area contributed by atoms with Crippen LogP contribution in [0.25, 0.3) is 133 Å². The summed E-state index contributed by atoms with van der Waals surface area (Å²) >= 11 is 0. The molecule has 5 heterocycles. The number of hydrogen-bond acceptors (Lipinski definition) is 6. The molecule has 442 valence electrons. The number of aromatic nitrogens is 8. The first kappa shape index (κ1) is 54.3. The molecule has 0 atom stereocenters. The molecule has 0 radical (unpaired) electrons. The van der Waals surface area contributed by atoms with Gasteiger partial charge in [0.15, 0.2) is 23.3 Å². The van der Waals surface area contributed by atoms with Gasteiger partial charge in [0.1, 0.15) is 22.6 Å². The van der Waals surface area contributed by atoms with E-state index in [1.165, 1.54) is 87.6 Å². The first-order valence-electron chi connectivity index (χ1n) is 32.7. The Hall–Kier alpha value is -7.84. The van der Waals surface area contributed by atoms with Crippen molar-refractivity contribution in [3.63, 3.8) is 0 Å². The third-order valence-corrected chi connectivity index (χ3v) is 23.5. The van der Waals surface area contributed by atoms with Gasteiger partial charge in [-0.1, -0.05) is 159 Å². The number of H-pyrrole nitrogens is 2. The fraction of sp³-hybridized carbons (Fsp3) is 0.400. The molecule has 0 saturated carbocycles. The van der Waals surface area contributed by atoms with E-state index in [0.29, 0.717) is 45.9 Å². The minimum Gasteiger partial charge on any atom is -0.324 e. The summed E-state index contributed by atoms with van der Waals surface area (Å²) in [4.78, 5) is 41.8. The zero-order chi connectivity index (χ0) is 61.1. The third kappa shape index (κ3) is 7.81. The standard InChI is InChI=1S/C80H82N8/c1-73(2)17-18-74(3,4)58-34-42-26-50-49(25-41(42)33-57(58)73)65-81-66(50)86-68-53-29-45-37-61-62(78(11,12)22-21-77(61,9)10)38-46(45)30-54(53)70(83-68)88-72-56-32-48-40-64-63(79(13,14)23-24-80(64,15)16)39-47(48)31-55(56)71(84-72)87-69-52-28-44-36-60-59(75(5,6)19-20-76(60,7)8)35-43(44)27-51(52)67(82-69)85-65/h25-40H,17-24H2,1-16H3,(H2,81,82,83,84,85,86,87,88). The first-order valence-corrected chi connectivity index (χ1v) is 32.7. The van der Waals surface area contributed by atoms with E-state index in [1.54, 1.807) is 0 Å². The molecule has 2 N–H and O–H groups in total. The summed E-state index contributed by atoms with van der Waals surface area (Å²) < 4.78 is 0. The maximum absolute atomic E-state index is 5.72. The van der Waals surface area contributed by atoms with Crippen LogP contribution in [0, 0.1) is 0 Å². The lowest BCUT2D eigenvalue weighted by atomic mass is 9.63. The molecule has 8 nitrogen and oxygen atoms in total. The van der Waals surface area contributed by atoms with Crippen molar-refractivity contribution in [3.05, 3.63) is 142 Å². The van der Waals surface area contributed by atoms with Gasteiger partial charge in [-0.3, -0.25) is 0 Å². The molecule has 8 heteroatoms. The van der Waals surface area contributed by atoms with Gasteiger partial charge in [-0.15, -0.1) is 0 Å². The molecular weight excluding hydrogens is 1070 g/mol. The van der Waals surface area contributed by atoms with E-state index in [9.17, 15) is 0 Å². The molecule has 0 unspecified atom stereocenters. The molecule has 0 spiro atoms. The van der Waals surface area contributed by atoms with Gasteiger partial charge in [0, 0.05) is 43.8 Å². The molecule has 6 aliphatic rings. The number of rotatable bonds is 0. The van der Waals surface area contributed by atoms with Gasteiger partial charge in [-0.2, -0.15) is 0 Å². The Morgan fingerprint density at radius 3 is 0.545 bits per heavy atom. The Bertz CT molecular complexity index is 4590. The highest BCUT2D eigenvalue weighted by molar-refractivity contribution is 6.13. The fourth-order valence-electron chi connectivity index (χ4n) is 17.0. The van der Waals surface area contributed by atoms with Crippen molar-refractivity contribution in [1.29, 1.82) is 0 Å². The van der Waals surface area contributed by atoms with Crippen LogP contribution in [-0.2, 0) is 43.3 Å². The zero-order valence-corrected chi connectivity index (χ0v) is 54.6. The molecule has 3 aromatic heterocycles. The minimum absolute atomic E-state index is 0.0434. The molecule has 0 amide bonds. The molecule has 2 aliphatic heterocycles. The summed E-state index contributed by atoms with van der Waals surface area (Å²) in [5.41, 5.74) is 18.4. The highest BCUT2D eigenvalue weighted by Crippen LogP contribution is 2.53. The van der Waals surface area contributed by atoms with Gasteiger partial charge in [0.2, 0.25) is 0 Å². The van der Waals surface area contributed by atoms with E-state index >= 15 is 0 Å². The summed E-state index contributed by atoms with van der Waals surface area (Å²) in [5, 5.41) is 13.4. The molecule has 0 saturated heterocycles. The van der Waals surface area contributed by atoms with Crippen LogP contribution in [0.15, 0.2) is 97.1 Å². The Labute approximate surface area is 516 Å². The molecule has 88 heavy (non-hydrogen) atoms. The zero-order valence-electron chi connectivity index (χ0n) is 54.6. The second-order valence-corrected chi connectivity index (χ2v) is 33.3. The first-order chi connectivity index (χ1) is 41.4. The van der Waals surface area contributed by atoms with Crippen LogP contribution in [-0.4, -0.2) is 39.9 Å².